The van der Waals surface area contributed by atoms with Gasteiger partial charge in [0.05, 0.1) is 29.4 Å². The number of hydrogen-bond donors (Lipinski definition) is 1. The summed E-state index contributed by atoms with van der Waals surface area (Å²) in [6.07, 6.45) is 9.26. The molecule has 4 aliphatic rings. The van der Waals surface area contributed by atoms with Crippen LogP contribution in [0.25, 0.3) is 0 Å². The summed E-state index contributed by atoms with van der Waals surface area (Å²) in [6, 6.07) is 5.43. The topological polar surface area (TPSA) is 103 Å². The number of pyridine rings is 1. The molecular formula is C24H24N6O3. The van der Waals surface area contributed by atoms with E-state index in [2.05, 4.69) is 30.1 Å². The average molecular weight is 444 g/mol. The number of nitrogens with one attached hydrogen (secondary N) is 1. The number of carbonyl (C=O) groups is 2. The first-order chi connectivity index (χ1) is 16.1. The molecular weight excluding hydrogens is 420 g/mol. The largest absolute Gasteiger partial charge is 0.466 e. The van der Waals surface area contributed by atoms with Crippen molar-refractivity contribution in [2.45, 2.75) is 24.9 Å². The third kappa shape index (κ3) is 4.00. The molecule has 9 nitrogen and oxygen atoms in total. The van der Waals surface area contributed by atoms with E-state index in [0.717, 1.165) is 56.8 Å². The Bertz CT molecular complexity index is 1180. The van der Waals surface area contributed by atoms with Crippen molar-refractivity contribution in [3.63, 3.8) is 0 Å². The number of anilines is 1. The van der Waals surface area contributed by atoms with Crippen LogP contribution in [0.4, 0.5) is 5.69 Å². The minimum Gasteiger partial charge on any atom is -0.466 e. The van der Waals surface area contributed by atoms with E-state index in [1.165, 1.54) is 6.26 Å². The second-order valence-corrected chi connectivity index (χ2v) is 8.85. The van der Waals surface area contributed by atoms with Crippen molar-refractivity contribution < 1.29 is 14.0 Å². The number of carbonyl (C=O) groups excluding carboxylic acids is 2. The molecule has 2 aromatic rings. The monoisotopic (exact) mass is 444 g/mol. The van der Waals surface area contributed by atoms with Gasteiger partial charge in [0.1, 0.15) is 11.5 Å². The van der Waals surface area contributed by atoms with Crippen molar-refractivity contribution in [3.05, 3.63) is 59.3 Å². The molecule has 0 spiro atoms. The van der Waals surface area contributed by atoms with Gasteiger partial charge in [0, 0.05) is 45.0 Å². The number of aromatic nitrogens is 1. The van der Waals surface area contributed by atoms with E-state index in [9.17, 15) is 9.59 Å². The number of fused-ring (bicyclic) bond motifs is 3. The summed E-state index contributed by atoms with van der Waals surface area (Å²) in [7, 11) is 0. The minimum atomic E-state index is -0.324. The van der Waals surface area contributed by atoms with E-state index < -0.39 is 0 Å². The standard InChI is InChI=1S/C24H24N6O3/c31-23-18-5-10-33-22(18)21-20(28-23)11-15(12-26-21)14-29-6-8-30(9-7-29)17-3-4-19(25-13-17)24(32)27-16-1-2-16/h3-5,10-13,16,21H,1-2,6-9,14H2,(H,27,32). The van der Waals surface area contributed by atoms with Crippen molar-refractivity contribution in [1.82, 2.24) is 15.2 Å². The molecule has 9 heteroatoms. The molecule has 2 fully saturated rings. The summed E-state index contributed by atoms with van der Waals surface area (Å²) in [4.78, 5) is 42.2. The van der Waals surface area contributed by atoms with E-state index in [1.807, 2.05) is 18.4 Å². The van der Waals surface area contributed by atoms with Gasteiger partial charge in [-0.25, -0.2) is 9.98 Å². The lowest BCUT2D eigenvalue weighted by atomic mass is 9.97. The highest BCUT2D eigenvalue weighted by molar-refractivity contribution is 6.17. The number of furan rings is 1. The van der Waals surface area contributed by atoms with E-state index >= 15 is 0 Å². The van der Waals surface area contributed by atoms with E-state index in [4.69, 9.17) is 4.42 Å². The molecule has 0 radical (unpaired) electrons. The molecule has 33 heavy (non-hydrogen) atoms. The Labute approximate surface area is 190 Å². The lowest BCUT2D eigenvalue weighted by Crippen LogP contribution is -2.47. The predicted octanol–water partition coefficient (Wildman–Crippen LogP) is 2.04. The van der Waals surface area contributed by atoms with Crippen LogP contribution in [0.2, 0.25) is 0 Å². The van der Waals surface area contributed by atoms with E-state index in [-0.39, 0.29) is 17.9 Å². The number of amides is 2. The Kier molecular flexibility index (Phi) is 4.91. The van der Waals surface area contributed by atoms with Crippen LogP contribution in [0.5, 0.6) is 0 Å². The normalized spacial score (nSPS) is 22.4. The van der Waals surface area contributed by atoms with Crippen LogP contribution in [-0.4, -0.2) is 72.4 Å². The number of hydrogen-bond acceptors (Lipinski definition) is 7. The fourth-order valence-electron chi connectivity index (χ4n) is 4.44. The molecule has 2 amide bonds. The van der Waals surface area contributed by atoms with Gasteiger partial charge in [-0.3, -0.25) is 19.5 Å². The number of piperazine rings is 1. The maximum atomic E-state index is 12.2. The molecule has 168 valence electrons. The van der Waals surface area contributed by atoms with Gasteiger partial charge in [-0.1, -0.05) is 0 Å². The molecule has 0 bridgehead atoms. The molecule has 0 aromatic carbocycles. The lowest BCUT2D eigenvalue weighted by molar-refractivity contribution is 0.0945. The summed E-state index contributed by atoms with van der Waals surface area (Å²) in [5.41, 5.74) is 3.68. The minimum absolute atomic E-state index is 0.0916. The number of dihydropyridines is 1. The third-order valence-corrected chi connectivity index (χ3v) is 6.44. The van der Waals surface area contributed by atoms with Crippen molar-refractivity contribution in [2.24, 2.45) is 9.98 Å². The molecule has 1 N–H and O–H groups in total. The van der Waals surface area contributed by atoms with Crippen LogP contribution in [0.15, 0.2) is 56.7 Å². The van der Waals surface area contributed by atoms with E-state index in [1.54, 1.807) is 18.3 Å². The summed E-state index contributed by atoms with van der Waals surface area (Å²) in [5, 5.41) is 2.97. The quantitative estimate of drug-likeness (QED) is 0.757. The number of rotatable bonds is 5. The van der Waals surface area contributed by atoms with Crippen LogP contribution in [-0.2, 0) is 0 Å². The van der Waals surface area contributed by atoms with Crippen LogP contribution in [0, 0.1) is 0 Å². The van der Waals surface area contributed by atoms with Gasteiger partial charge in [0.2, 0.25) is 0 Å². The maximum absolute atomic E-state index is 12.2. The zero-order valence-electron chi connectivity index (χ0n) is 18.1. The summed E-state index contributed by atoms with van der Waals surface area (Å²) < 4.78 is 5.49. The number of nitrogens with zero attached hydrogens (tertiary/aromatic N) is 5. The predicted molar refractivity (Wildman–Crippen MR) is 123 cm³/mol. The molecule has 1 atom stereocenters. The second-order valence-electron chi connectivity index (χ2n) is 8.85. The first-order valence-electron chi connectivity index (χ1n) is 11.3. The van der Waals surface area contributed by atoms with Crippen molar-refractivity contribution in [2.75, 3.05) is 37.6 Å². The van der Waals surface area contributed by atoms with Crippen molar-refractivity contribution >= 4 is 29.4 Å². The first-order valence-corrected chi connectivity index (χ1v) is 11.3. The molecule has 1 unspecified atom stereocenters. The van der Waals surface area contributed by atoms with Gasteiger partial charge in [0.25, 0.3) is 11.8 Å². The SMILES string of the molecule is O=C(NC1CC1)c1ccc(N2CCN(CC3=CC4=NC(=O)c5ccoc5C4N=C3)CC2)cn1. The number of aliphatic imine (C=N–C) groups is 2. The highest BCUT2D eigenvalue weighted by atomic mass is 16.3. The maximum Gasteiger partial charge on any atom is 0.280 e. The van der Waals surface area contributed by atoms with Gasteiger partial charge in [-0.15, -0.1) is 0 Å². The molecule has 6 rings (SSSR count). The van der Waals surface area contributed by atoms with Crippen LogP contribution in [0.3, 0.4) is 0 Å². The van der Waals surface area contributed by atoms with Crippen LogP contribution < -0.4 is 10.2 Å². The zero-order valence-corrected chi connectivity index (χ0v) is 18.1. The molecule has 3 aliphatic heterocycles. The summed E-state index contributed by atoms with van der Waals surface area (Å²) in [6.45, 7) is 4.29. The van der Waals surface area contributed by atoms with Gasteiger partial charge in [-0.2, -0.15) is 0 Å². The Morgan fingerprint density at radius 3 is 2.76 bits per heavy atom. The lowest BCUT2D eigenvalue weighted by Gasteiger charge is -2.36. The average Bonchev–Trinajstić information content (AvgIpc) is 3.50. The van der Waals surface area contributed by atoms with Gasteiger partial charge in [-0.05, 0) is 42.7 Å². The van der Waals surface area contributed by atoms with E-state index in [0.29, 0.717) is 28.8 Å². The van der Waals surface area contributed by atoms with Crippen molar-refractivity contribution in [3.8, 4) is 0 Å². The smallest absolute Gasteiger partial charge is 0.280 e. The van der Waals surface area contributed by atoms with Crippen LogP contribution in [0.1, 0.15) is 45.5 Å². The second kappa shape index (κ2) is 8.08. The van der Waals surface area contributed by atoms with Crippen molar-refractivity contribution in [1.29, 1.82) is 0 Å². The Morgan fingerprint density at radius 1 is 1.15 bits per heavy atom. The van der Waals surface area contributed by atoms with Gasteiger partial charge < -0.3 is 14.6 Å². The van der Waals surface area contributed by atoms with Gasteiger partial charge >= 0.3 is 0 Å². The Morgan fingerprint density at radius 2 is 2.00 bits per heavy atom. The molecule has 1 saturated carbocycles. The Balaban J connectivity index is 1.05. The highest BCUT2D eigenvalue weighted by Crippen LogP contribution is 2.32. The molecule has 1 aliphatic carbocycles. The van der Waals surface area contributed by atoms with Gasteiger partial charge in [0.15, 0.2) is 6.04 Å². The highest BCUT2D eigenvalue weighted by Gasteiger charge is 2.32. The molecule has 1 saturated heterocycles. The zero-order chi connectivity index (χ0) is 22.4. The fraction of sp³-hybridized carbons (Fsp3) is 0.375. The molecule has 2 aromatic heterocycles. The third-order valence-electron chi connectivity index (χ3n) is 6.44. The fourth-order valence-corrected chi connectivity index (χ4v) is 4.44. The summed E-state index contributed by atoms with van der Waals surface area (Å²) in [5.74, 6) is 0.219. The van der Waals surface area contributed by atoms with Crippen LogP contribution >= 0.6 is 0 Å². The summed E-state index contributed by atoms with van der Waals surface area (Å²) >= 11 is 0. The molecule has 5 heterocycles. The first kappa shape index (κ1) is 20.0. The Hall–Kier alpha value is -3.59.